The molecule has 0 aliphatic heterocycles. The first-order valence-corrected chi connectivity index (χ1v) is 12.1. The van der Waals surface area contributed by atoms with Crippen LogP contribution in [-0.2, 0) is 18.9 Å². The van der Waals surface area contributed by atoms with Crippen molar-refractivity contribution in [3.63, 3.8) is 0 Å². The minimum Gasteiger partial charge on any atom is -0.478 e. The van der Waals surface area contributed by atoms with Gasteiger partial charge in [-0.3, -0.25) is 4.79 Å². The number of rotatable bonds is 6. The van der Waals surface area contributed by atoms with Crippen LogP contribution >= 0.6 is 11.3 Å². The van der Waals surface area contributed by atoms with E-state index in [1.807, 2.05) is 0 Å². The SMILES string of the molecule is CCOc1ncc(-c2csc(-c3cc(C(F)(F)F)c(C#N)c(=O)n3Cc3ccc(F)cc3F)c2)cc1C(F)(F)F. The molecule has 0 atom stereocenters. The van der Waals surface area contributed by atoms with Crippen molar-refractivity contribution in [3.05, 3.63) is 92.2 Å². The first-order chi connectivity index (χ1) is 18.7. The zero-order chi connectivity index (χ0) is 29.4. The van der Waals surface area contributed by atoms with Gasteiger partial charge in [0.15, 0.2) is 0 Å². The van der Waals surface area contributed by atoms with Crippen molar-refractivity contribution in [2.24, 2.45) is 0 Å². The van der Waals surface area contributed by atoms with E-state index in [1.165, 1.54) is 24.4 Å². The molecule has 1 aromatic carbocycles. The molecule has 208 valence electrons. The van der Waals surface area contributed by atoms with Gasteiger partial charge in [-0.2, -0.15) is 31.6 Å². The summed E-state index contributed by atoms with van der Waals surface area (Å²) < 4.78 is 116. The van der Waals surface area contributed by atoms with E-state index in [0.29, 0.717) is 12.1 Å². The second kappa shape index (κ2) is 10.7. The average Bonchev–Trinajstić information content (AvgIpc) is 3.35. The molecule has 3 heterocycles. The number of benzene rings is 1. The summed E-state index contributed by atoms with van der Waals surface area (Å²) >= 11 is 0.794. The zero-order valence-corrected chi connectivity index (χ0v) is 20.9. The van der Waals surface area contributed by atoms with Crippen LogP contribution in [0.3, 0.4) is 0 Å². The summed E-state index contributed by atoms with van der Waals surface area (Å²) in [5.41, 5.74) is -5.87. The Bertz CT molecular complexity index is 1680. The summed E-state index contributed by atoms with van der Waals surface area (Å²) in [6.07, 6.45) is -8.84. The van der Waals surface area contributed by atoms with Gasteiger partial charge < -0.3 is 9.30 Å². The molecule has 5 nitrogen and oxygen atoms in total. The first-order valence-electron chi connectivity index (χ1n) is 11.2. The van der Waals surface area contributed by atoms with Gasteiger partial charge in [0.05, 0.1) is 29.3 Å². The van der Waals surface area contributed by atoms with Gasteiger partial charge in [-0.1, -0.05) is 6.07 Å². The Morgan fingerprint density at radius 1 is 1.00 bits per heavy atom. The standard InChI is InChI=1S/C26H15F8N3O2S/c1-2-39-23-19(26(32,33)34)5-14(10-36-23)15-6-22(40-12-15)21-8-18(25(29,30)31)17(9-35)24(38)37(21)11-13-3-4-16(27)7-20(13)28/h3-8,10,12H,2,11H2,1H3. The van der Waals surface area contributed by atoms with Crippen LogP contribution in [0.25, 0.3) is 21.7 Å². The van der Waals surface area contributed by atoms with Crippen LogP contribution in [0.4, 0.5) is 35.1 Å². The number of thiophene rings is 1. The third-order valence-electron chi connectivity index (χ3n) is 5.68. The largest absolute Gasteiger partial charge is 0.478 e. The highest BCUT2D eigenvalue weighted by atomic mass is 32.1. The number of nitriles is 1. The Kier molecular flexibility index (Phi) is 7.71. The lowest BCUT2D eigenvalue weighted by Gasteiger charge is -2.17. The highest BCUT2D eigenvalue weighted by molar-refractivity contribution is 7.14. The maximum absolute atomic E-state index is 14.4. The predicted octanol–water partition coefficient (Wildman–Crippen LogP) is 7.27. The molecule has 0 fully saturated rings. The number of alkyl halides is 6. The molecule has 0 radical (unpaired) electrons. The highest BCUT2D eigenvalue weighted by Gasteiger charge is 2.37. The van der Waals surface area contributed by atoms with E-state index in [-0.39, 0.29) is 33.9 Å². The van der Waals surface area contributed by atoms with Crippen molar-refractivity contribution in [2.75, 3.05) is 6.61 Å². The fourth-order valence-electron chi connectivity index (χ4n) is 3.85. The molecule has 0 spiro atoms. The molecule has 0 aliphatic carbocycles. The summed E-state index contributed by atoms with van der Waals surface area (Å²) in [7, 11) is 0. The van der Waals surface area contributed by atoms with E-state index in [1.54, 1.807) is 0 Å². The van der Waals surface area contributed by atoms with E-state index >= 15 is 0 Å². The molecule has 14 heteroatoms. The molecule has 0 saturated carbocycles. The van der Waals surface area contributed by atoms with Crippen molar-refractivity contribution in [2.45, 2.75) is 25.8 Å². The van der Waals surface area contributed by atoms with Gasteiger partial charge in [0.2, 0.25) is 5.88 Å². The quantitative estimate of drug-likeness (QED) is 0.223. The monoisotopic (exact) mass is 585 g/mol. The number of hydrogen-bond acceptors (Lipinski definition) is 5. The van der Waals surface area contributed by atoms with Crippen LogP contribution in [0.2, 0.25) is 0 Å². The number of aromatic nitrogens is 2. The lowest BCUT2D eigenvalue weighted by atomic mass is 10.1. The predicted molar refractivity (Wildman–Crippen MR) is 129 cm³/mol. The molecule has 3 aromatic heterocycles. The van der Waals surface area contributed by atoms with E-state index in [2.05, 4.69) is 4.98 Å². The summed E-state index contributed by atoms with van der Waals surface area (Å²) in [5, 5.41) is 10.7. The summed E-state index contributed by atoms with van der Waals surface area (Å²) in [4.78, 5) is 16.8. The maximum Gasteiger partial charge on any atom is 0.421 e. The van der Waals surface area contributed by atoms with Crippen molar-refractivity contribution in [3.8, 4) is 33.6 Å². The average molecular weight is 585 g/mol. The third kappa shape index (κ3) is 5.69. The molecule has 0 N–H and O–H groups in total. The molecule has 0 amide bonds. The van der Waals surface area contributed by atoms with Gasteiger partial charge in [-0.25, -0.2) is 13.8 Å². The number of hydrogen-bond donors (Lipinski definition) is 0. The molecule has 4 rings (SSSR count). The van der Waals surface area contributed by atoms with Crippen LogP contribution in [0, 0.1) is 23.0 Å². The number of nitrogens with zero attached hydrogens (tertiary/aromatic N) is 3. The van der Waals surface area contributed by atoms with E-state index in [9.17, 15) is 45.2 Å². The van der Waals surface area contributed by atoms with Gasteiger partial charge in [0.1, 0.15) is 28.8 Å². The molecule has 0 unspecified atom stereocenters. The Labute approximate surface area is 224 Å². The first kappa shape index (κ1) is 28.8. The van der Waals surface area contributed by atoms with Crippen LogP contribution in [0.15, 0.2) is 52.8 Å². The Morgan fingerprint density at radius 3 is 2.30 bits per heavy atom. The molecule has 4 aromatic rings. The van der Waals surface area contributed by atoms with Crippen molar-refractivity contribution < 1.29 is 39.9 Å². The van der Waals surface area contributed by atoms with Gasteiger partial charge in [0.25, 0.3) is 5.56 Å². The van der Waals surface area contributed by atoms with Gasteiger partial charge in [0, 0.05) is 23.4 Å². The summed E-state index contributed by atoms with van der Waals surface area (Å²) in [6.45, 7) is 0.735. The lowest BCUT2D eigenvalue weighted by molar-refractivity contribution is -0.139. The Morgan fingerprint density at radius 2 is 1.70 bits per heavy atom. The second-order valence-corrected chi connectivity index (χ2v) is 9.17. The van der Waals surface area contributed by atoms with E-state index in [4.69, 9.17) is 4.74 Å². The van der Waals surface area contributed by atoms with Crippen LogP contribution in [0.5, 0.6) is 5.88 Å². The van der Waals surface area contributed by atoms with Crippen molar-refractivity contribution in [1.29, 1.82) is 5.26 Å². The Balaban J connectivity index is 1.91. The van der Waals surface area contributed by atoms with Crippen molar-refractivity contribution >= 4 is 11.3 Å². The van der Waals surface area contributed by atoms with Crippen LogP contribution in [0.1, 0.15) is 29.2 Å². The molecule has 0 aliphatic rings. The highest BCUT2D eigenvalue weighted by Crippen LogP contribution is 2.40. The fraction of sp³-hybridized carbons (Fsp3) is 0.192. The fourth-order valence-corrected chi connectivity index (χ4v) is 4.79. The molecule has 0 bridgehead atoms. The number of ether oxygens (including phenoxy) is 1. The summed E-state index contributed by atoms with van der Waals surface area (Å²) in [5.74, 6) is -2.65. The van der Waals surface area contributed by atoms with Gasteiger partial charge >= 0.3 is 12.4 Å². The summed E-state index contributed by atoms with van der Waals surface area (Å²) in [6, 6.07) is 6.18. The van der Waals surface area contributed by atoms with Crippen LogP contribution in [-0.4, -0.2) is 16.2 Å². The van der Waals surface area contributed by atoms with E-state index in [0.717, 1.165) is 40.3 Å². The molecule has 40 heavy (non-hydrogen) atoms. The molecule has 0 saturated heterocycles. The minimum atomic E-state index is -5.11. The van der Waals surface area contributed by atoms with Crippen LogP contribution < -0.4 is 10.3 Å². The zero-order valence-electron chi connectivity index (χ0n) is 20.1. The number of halogens is 8. The maximum atomic E-state index is 14.4. The molecular weight excluding hydrogens is 570 g/mol. The topological polar surface area (TPSA) is 67.9 Å². The smallest absolute Gasteiger partial charge is 0.421 e. The Hall–Kier alpha value is -4.25. The normalized spacial score (nSPS) is 11.9. The van der Waals surface area contributed by atoms with Gasteiger partial charge in [-0.15, -0.1) is 11.3 Å². The third-order valence-corrected chi connectivity index (χ3v) is 6.64. The van der Waals surface area contributed by atoms with Gasteiger partial charge in [-0.05, 0) is 42.1 Å². The van der Waals surface area contributed by atoms with E-state index < -0.39 is 58.7 Å². The second-order valence-electron chi connectivity index (χ2n) is 8.26. The lowest BCUT2D eigenvalue weighted by Crippen LogP contribution is -2.28. The number of pyridine rings is 2. The van der Waals surface area contributed by atoms with Crippen molar-refractivity contribution in [1.82, 2.24) is 9.55 Å². The molecular formula is C26H15F8N3O2S. The minimum absolute atomic E-state index is 0.00736.